The number of nitrogens with one attached hydrogen (secondary N) is 1. The number of methoxy groups -OCH3 is 1. The van der Waals surface area contributed by atoms with Crippen molar-refractivity contribution in [3.05, 3.63) is 33.9 Å². The van der Waals surface area contributed by atoms with Crippen molar-refractivity contribution in [1.29, 1.82) is 0 Å². The fraction of sp³-hybridized carbons (Fsp3) is 0.462. The Morgan fingerprint density at radius 3 is 2.80 bits per heavy atom. The van der Waals surface area contributed by atoms with Crippen molar-refractivity contribution in [2.75, 3.05) is 13.7 Å². The molecule has 0 fully saturated rings. The van der Waals surface area contributed by atoms with E-state index in [4.69, 9.17) is 16.3 Å². The van der Waals surface area contributed by atoms with E-state index in [2.05, 4.69) is 5.32 Å². The van der Waals surface area contributed by atoms with Gasteiger partial charge < -0.3 is 10.1 Å². The molecule has 1 rings (SSSR count). The zero-order valence-electron chi connectivity index (χ0n) is 11.4. The molecule has 0 aromatic heterocycles. The number of halogens is 1. The number of amides is 1. The van der Waals surface area contributed by atoms with Crippen molar-refractivity contribution >= 4 is 23.2 Å². The molecule has 110 valence electrons. The lowest BCUT2D eigenvalue weighted by molar-refractivity contribution is -0.384. The van der Waals surface area contributed by atoms with Crippen LogP contribution in [0.3, 0.4) is 0 Å². The van der Waals surface area contributed by atoms with Crippen molar-refractivity contribution in [3.8, 4) is 5.75 Å². The van der Waals surface area contributed by atoms with Crippen LogP contribution in [0.5, 0.6) is 5.75 Å². The molecule has 1 aromatic carbocycles. The van der Waals surface area contributed by atoms with E-state index in [0.29, 0.717) is 6.54 Å². The molecule has 0 saturated carbocycles. The van der Waals surface area contributed by atoms with Gasteiger partial charge in [0.1, 0.15) is 5.75 Å². The zero-order chi connectivity index (χ0) is 15.1. The van der Waals surface area contributed by atoms with E-state index in [0.717, 1.165) is 12.8 Å². The summed E-state index contributed by atoms with van der Waals surface area (Å²) in [6.07, 6.45) is 1.57. The number of benzene rings is 1. The second-order valence-corrected chi connectivity index (χ2v) is 5.07. The Hall–Kier alpha value is -1.82. The molecular formula is C13H17ClN2O4. The molecule has 6 nitrogen and oxygen atoms in total. The van der Waals surface area contributed by atoms with Crippen LogP contribution in [0.2, 0.25) is 0 Å². The van der Waals surface area contributed by atoms with E-state index >= 15 is 0 Å². The Bertz CT molecular complexity index is 491. The summed E-state index contributed by atoms with van der Waals surface area (Å²) >= 11 is 5.81. The lowest BCUT2D eigenvalue weighted by Gasteiger charge is -2.09. The summed E-state index contributed by atoms with van der Waals surface area (Å²) < 4.78 is 5.02. The Balaban J connectivity index is 2.70. The first kappa shape index (κ1) is 16.2. The largest absolute Gasteiger partial charge is 0.496 e. The number of nitrogens with zero attached hydrogens (tertiary/aromatic N) is 1. The SMILES string of the molecule is COc1cc([N+](=O)[O-])ccc1C(=O)NCCCC(C)Cl. The number of hydrogen-bond donors (Lipinski definition) is 1. The smallest absolute Gasteiger partial charge is 0.273 e. The van der Waals surface area contributed by atoms with E-state index in [1.165, 1.54) is 25.3 Å². The number of nitro groups is 1. The van der Waals surface area contributed by atoms with Crippen LogP contribution in [0.1, 0.15) is 30.1 Å². The van der Waals surface area contributed by atoms with E-state index in [9.17, 15) is 14.9 Å². The Morgan fingerprint density at radius 1 is 1.55 bits per heavy atom. The van der Waals surface area contributed by atoms with Gasteiger partial charge in [-0.05, 0) is 25.8 Å². The van der Waals surface area contributed by atoms with Crippen molar-refractivity contribution < 1.29 is 14.5 Å². The van der Waals surface area contributed by atoms with Gasteiger partial charge in [-0.3, -0.25) is 14.9 Å². The number of carbonyl (C=O) groups excluding carboxylic acids is 1. The van der Waals surface area contributed by atoms with Crippen LogP contribution in [-0.2, 0) is 0 Å². The van der Waals surface area contributed by atoms with Crippen LogP contribution in [0.4, 0.5) is 5.69 Å². The molecule has 1 aromatic rings. The van der Waals surface area contributed by atoms with Crippen molar-refractivity contribution in [3.63, 3.8) is 0 Å². The maximum absolute atomic E-state index is 12.0. The van der Waals surface area contributed by atoms with E-state index in [1.54, 1.807) is 0 Å². The number of rotatable bonds is 7. The van der Waals surface area contributed by atoms with Gasteiger partial charge in [0.2, 0.25) is 0 Å². The van der Waals surface area contributed by atoms with Crippen LogP contribution >= 0.6 is 11.6 Å². The van der Waals surface area contributed by atoms with Gasteiger partial charge in [0.15, 0.2) is 0 Å². The molecule has 0 spiro atoms. The average Bonchev–Trinajstić information content (AvgIpc) is 2.42. The third-order valence-electron chi connectivity index (χ3n) is 2.70. The average molecular weight is 301 g/mol. The summed E-state index contributed by atoms with van der Waals surface area (Å²) in [7, 11) is 1.37. The van der Waals surface area contributed by atoms with Crippen molar-refractivity contribution in [1.82, 2.24) is 5.32 Å². The maximum Gasteiger partial charge on any atom is 0.273 e. The number of non-ortho nitro benzene ring substituents is 1. The highest BCUT2D eigenvalue weighted by atomic mass is 35.5. The summed E-state index contributed by atoms with van der Waals surface area (Å²) in [5.74, 6) is -0.138. The number of nitro benzene ring substituents is 1. The molecule has 0 saturated heterocycles. The highest BCUT2D eigenvalue weighted by Gasteiger charge is 2.16. The predicted molar refractivity (Wildman–Crippen MR) is 76.5 cm³/mol. The first-order chi connectivity index (χ1) is 9.45. The molecule has 0 aliphatic rings. The van der Waals surface area contributed by atoms with Gasteiger partial charge in [-0.25, -0.2) is 0 Å². The van der Waals surface area contributed by atoms with Crippen molar-refractivity contribution in [2.24, 2.45) is 0 Å². The molecule has 1 amide bonds. The Labute approximate surface area is 122 Å². The molecule has 1 atom stereocenters. The number of alkyl halides is 1. The molecule has 1 unspecified atom stereocenters. The molecule has 0 bridgehead atoms. The van der Waals surface area contributed by atoms with Crippen LogP contribution in [-0.4, -0.2) is 29.9 Å². The highest BCUT2D eigenvalue weighted by Crippen LogP contribution is 2.24. The summed E-state index contributed by atoms with van der Waals surface area (Å²) in [4.78, 5) is 22.1. The van der Waals surface area contributed by atoms with Crippen LogP contribution < -0.4 is 10.1 Å². The summed E-state index contributed by atoms with van der Waals surface area (Å²) in [5, 5.41) is 13.5. The minimum atomic E-state index is -0.536. The standard InChI is InChI=1S/C13H17ClN2O4/c1-9(14)4-3-7-15-13(17)11-6-5-10(16(18)19)8-12(11)20-2/h5-6,8-9H,3-4,7H2,1-2H3,(H,15,17). The molecule has 0 heterocycles. The fourth-order valence-electron chi connectivity index (χ4n) is 1.66. The first-order valence-electron chi connectivity index (χ1n) is 6.20. The summed E-state index contributed by atoms with van der Waals surface area (Å²) in [5.41, 5.74) is 0.159. The van der Waals surface area contributed by atoms with E-state index in [-0.39, 0.29) is 28.3 Å². The van der Waals surface area contributed by atoms with Gasteiger partial charge in [-0.1, -0.05) is 0 Å². The normalized spacial score (nSPS) is 11.8. The predicted octanol–water partition coefficient (Wildman–Crippen LogP) is 2.74. The molecule has 20 heavy (non-hydrogen) atoms. The summed E-state index contributed by atoms with van der Waals surface area (Å²) in [6, 6.07) is 3.89. The quantitative estimate of drug-likeness (QED) is 0.363. The lowest BCUT2D eigenvalue weighted by atomic mass is 10.1. The van der Waals surface area contributed by atoms with Gasteiger partial charge in [0.05, 0.1) is 23.7 Å². The molecule has 0 aliphatic carbocycles. The first-order valence-corrected chi connectivity index (χ1v) is 6.64. The number of hydrogen-bond acceptors (Lipinski definition) is 4. The van der Waals surface area contributed by atoms with Gasteiger partial charge in [0, 0.05) is 18.0 Å². The third kappa shape index (κ3) is 4.70. The Kier molecular flexibility index (Phi) is 6.24. The van der Waals surface area contributed by atoms with Gasteiger partial charge >= 0.3 is 0 Å². The lowest BCUT2D eigenvalue weighted by Crippen LogP contribution is -2.25. The monoisotopic (exact) mass is 300 g/mol. The molecule has 0 aliphatic heterocycles. The summed E-state index contributed by atoms with van der Waals surface area (Å²) in [6.45, 7) is 2.39. The van der Waals surface area contributed by atoms with Crippen LogP contribution in [0, 0.1) is 10.1 Å². The second kappa shape index (κ2) is 7.69. The van der Waals surface area contributed by atoms with Gasteiger partial charge in [0.25, 0.3) is 11.6 Å². The van der Waals surface area contributed by atoms with Gasteiger partial charge in [-0.15, -0.1) is 11.6 Å². The fourth-order valence-corrected chi connectivity index (χ4v) is 1.82. The minimum absolute atomic E-state index is 0.0702. The minimum Gasteiger partial charge on any atom is -0.496 e. The topological polar surface area (TPSA) is 81.5 Å². The van der Waals surface area contributed by atoms with E-state index < -0.39 is 4.92 Å². The zero-order valence-corrected chi connectivity index (χ0v) is 12.1. The van der Waals surface area contributed by atoms with Crippen molar-refractivity contribution in [2.45, 2.75) is 25.1 Å². The molecule has 7 heteroatoms. The van der Waals surface area contributed by atoms with Gasteiger partial charge in [-0.2, -0.15) is 0 Å². The number of carbonyl (C=O) groups is 1. The Morgan fingerprint density at radius 2 is 2.25 bits per heavy atom. The maximum atomic E-state index is 12.0. The molecular weight excluding hydrogens is 284 g/mol. The van der Waals surface area contributed by atoms with E-state index in [1.807, 2.05) is 6.92 Å². The van der Waals surface area contributed by atoms with Crippen LogP contribution in [0.15, 0.2) is 18.2 Å². The van der Waals surface area contributed by atoms with Crippen LogP contribution in [0.25, 0.3) is 0 Å². The molecule has 0 radical (unpaired) electrons. The third-order valence-corrected chi connectivity index (χ3v) is 2.92. The highest BCUT2D eigenvalue weighted by molar-refractivity contribution is 6.20. The number of ether oxygens (including phenoxy) is 1. The second-order valence-electron chi connectivity index (χ2n) is 4.32. The molecule has 1 N–H and O–H groups in total.